The third-order valence-corrected chi connectivity index (χ3v) is 20.7. The summed E-state index contributed by atoms with van der Waals surface area (Å²) >= 11 is 0. The second-order valence-electron chi connectivity index (χ2n) is 30.0. The van der Waals surface area contributed by atoms with Crippen molar-refractivity contribution in [1.29, 1.82) is 0 Å². The van der Waals surface area contributed by atoms with Crippen molar-refractivity contribution in [3.8, 4) is 0 Å². The molecule has 1 aromatic carbocycles. The van der Waals surface area contributed by atoms with Gasteiger partial charge in [-0.15, -0.1) is 0 Å². The van der Waals surface area contributed by atoms with E-state index in [1.807, 2.05) is 0 Å². The van der Waals surface area contributed by atoms with E-state index in [2.05, 4.69) is 13.2 Å². The van der Waals surface area contributed by atoms with Crippen LogP contribution >= 0.6 is 0 Å². The van der Waals surface area contributed by atoms with Gasteiger partial charge in [-0.05, 0) is 37.8 Å². The summed E-state index contributed by atoms with van der Waals surface area (Å²) in [5.41, 5.74) is 0.623. The maximum atomic E-state index is 13.0. The van der Waals surface area contributed by atoms with Crippen LogP contribution in [0.25, 0.3) is 0 Å². The molecule has 0 aliphatic carbocycles. The van der Waals surface area contributed by atoms with Gasteiger partial charge in [0.05, 0.1) is 37.6 Å². The smallest absolute Gasteiger partial charge is 0.339 e. The lowest BCUT2D eigenvalue weighted by Gasteiger charge is -2.10. The van der Waals surface area contributed by atoms with Crippen LogP contribution in [0.4, 0.5) is 0 Å². The van der Waals surface area contributed by atoms with Crippen molar-refractivity contribution >= 4 is 23.9 Å². The van der Waals surface area contributed by atoms with E-state index in [1.165, 1.54) is 423 Å². The fourth-order valence-electron chi connectivity index (χ4n) is 14.2. The molecule has 0 saturated carbocycles. The maximum absolute atomic E-state index is 13.0. The number of carbonyl (C=O) groups excluding carboxylic acids is 4. The standard InChI is InChI=1S/C90H162O8/c1-3-87(91)95-81-75-69-65-61-57-53-49-45-41-37-33-29-25-21-17-13-9-5-7-11-15-19-23-27-31-35-39-43-47-51-55-59-63-67-71-77-83-97-89(93)85-79-73-74-80-86(85)90(94)98-84-78-72-68-64-60-56-52-48-44-40-36-32-28-24-20-16-12-8-6-10-14-18-22-26-30-34-38-42-46-50-54-58-62-66-70-76-82-96-88(92)4-2/h3-4,73-74,79-80H,1-2,5-72,75-78,81-84H2. The van der Waals surface area contributed by atoms with E-state index < -0.39 is 11.9 Å². The van der Waals surface area contributed by atoms with E-state index >= 15 is 0 Å². The van der Waals surface area contributed by atoms with Gasteiger partial charge >= 0.3 is 23.9 Å². The average molecular weight is 1370 g/mol. The third kappa shape index (κ3) is 69.7. The summed E-state index contributed by atoms with van der Waals surface area (Å²) in [6, 6.07) is 6.95. The maximum Gasteiger partial charge on any atom is 0.339 e. The van der Waals surface area contributed by atoms with Gasteiger partial charge in [0.15, 0.2) is 0 Å². The Morgan fingerprint density at radius 1 is 0.194 bits per heavy atom. The van der Waals surface area contributed by atoms with Gasteiger partial charge < -0.3 is 18.9 Å². The molecule has 98 heavy (non-hydrogen) atoms. The second-order valence-corrected chi connectivity index (χ2v) is 30.0. The average Bonchev–Trinajstić information content (AvgIpc) is 0.868. The van der Waals surface area contributed by atoms with Gasteiger partial charge in [-0.2, -0.15) is 0 Å². The summed E-state index contributed by atoms with van der Waals surface area (Å²) in [7, 11) is 0. The van der Waals surface area contributed by atoms with Crippen LogP contribution in [-0.2, 0) is 28.5 Å². The second kappa shape index (κ2) is 79.3. The molecule has 1 rings (SSSR count). The minimum absolute atomic E-state index is 0.302. The molecule has 0 N–H and O–H groups in total. The highest BCUT2D eigenvalue weighted by Gasteiger charge is 2.19. The molecule has 0 aromatic heterocycles. The van der Waals surface area contributed by atoms with E-state index in [0.717, 1.165) is 51.4 Å². The van der Waals surface area contributed by atoms with Gasteiger partial charge in [-0.25, -0.2) is 19.2 Å². The monoisotopic (exact) mass is 1370 g/mol. The van der Waals surface area contributed by atoms with Crippen LogP contribution in [0, 0.1) is 0 Å². The summed E-state index contributed by atoms with van der Waals surface area (Å²) in [6.07, 6.45) is 99.8. The SMILES string of the molecule is C=CC(=O)OCCCCCCCCCCCCCCCCCCCCCCCCCCCCCCCCCCCCCCOC(=O)c1ccccc1C(=O)OCCCCCCCCCCCCCCCCCCCCCCCCCCCCCCCCCCCCCCOC(=O)C=C. The Morgan fingerprint density at radius 2 is 0.306 bits per heavy atom. The van der Waals surface area contributed by atoms with Crippen LogP contribution in [0.3, 0.4) is 0 Å². The van der Waals surface area contributed by atoms with E-state index in [0.29, 0.717) is 37.6 Å². The van der Waals surface area contributed by atoms with Gasteiger partial charge in [0.25, 0.3) is 0 Å². The highest BCUT2D eigenvalue weighted by molar-refractivity contribution is 6.03. The molecule has 0 bridgehead atoms. The molecule has 8 heteroatoms. The number of hydrogen-bond donors (Lipinski definition) is 0. The summed E-state index contributed by atoms with van der Waals surface area (Å²) in [6.45, 7) is 8.71. The predicted molar refractivity (Wildman–Crippen MR) is 422 cm³/mol. The Hall–Kier alpha value is -3.42. The van der Waals surface area contributed by atoms with Crippen LogP contribution in [-0.4, -0.2) is 50.3 Å². The van der Waals surface area contributed by atoms with Gasteiger partial charge in [0.2, 0.25) is 0 Å². The molecule has 0 unspecified atom stereocenters. The molecule has 0 saturated heterocycles. The van der Waals surface area contributed by atoms with Crippen molar-refractivity contribution in [2.24, 2.45) is 0 Å². The molecule has 570 valence electrons. The van der Waals surface area contributed by atoms with E-state index in [1.54, 1.807) is 24.3 Å². The molecule has 0 aliphatic rings. The highest BCUT2D eigenvalue weighted by atomic mass is 16.5. The predicted octanol–water partition coefficient (Wildman–Crippen LogP) is 29.5. The number of carbonyl (C=O) groups is 4. The molecule has 0 spiro atoms. The van der Waals surface area contributed by atoms with Crippen molar-refractivity contribution in [1.82, 2.24) is 0 Å². The largest absolute Gasteiger partial charge is 0.463 e. The van der Waals surface area contributed by atoms with Crippen LogP contribution in [0.1, 0.15) is 483 Å². The van der Waals surface area contributed by atoms with Crippen LogP contribution in [0.5, 0.6) is 0 Å². The number of ether oxygens (including phenoxy) is 4. The number of benzene rings is 1. The number of unbranched alkanes of at least 4 members (excludes halogenated alkanes) is 70. The molecule has 0 amide bonds. The first-order chi connectivity index (χ1) is 48.5. The Morgan fingerprint density at radius 3 is 0.429 bits per heavy atom. The summed E-state index contributed by atoms with van der Waals surface area (Å²) in [5.74, 6) is -1.45. The normalized spacial score (nSPS) is 11.3. The zero-order valence-corrected chi connectivity index (χ0v) is 64.9. The first-order valence-corrected chi connectivity index (χ1v) is 43.5. The lowest BCUT2D eigenvalue weighted by atomic mass is 10.0. The van der Waals surface area contributed by atoms with E-state index in [9.17, 15) is 19.2 Å². The van der Waals surface area contributed by atoms with Crippen molar-refractivity contribution < 1.29 is 38.1 Å². The summed E-state index contributed by atoms with van der Waals surface area (Å²) in [4.78, 5) is 48.0. The van der Waals surface area contributed by atoms with Crippen LogP contribution in [0.2, 0.25) is 0 Å². The number of hydrogen-bond acceptors (Lipinski definition) is 8. The van der Waals surface area contributed by atoms with Gasteiger partial charge in [-0.3, -0.25) is 0 Å². The molecular weight excluding hydrogens is 1210 g/mol. The Kier molecular flexibility index (Phi) is 74.9. The molecular formula is C90H162O8. The summed E-state index contributed by atoms with van der Waals surface area (Å²) < 4.78 is 21.3. The van der Waals surface area contributed by atoms with Gasteiger partial charge in [-0.1, -0.05) is 462 Å². The third-order valence-electron chi connectivity index (χ3n) is 20.7. The lowest BCUT2D eigenvalue weighted by Crippen LogP contribution is -2.15. The fraction of sp³-hybridized carbons (Fsp3) is 0.844. The number of rotatable bonds is 82. The molecule has 0 fully saturated rings. The molecule has 0 heterocycles. The van der Waals surface area contributed by atoms with Crippen LogP contribution in [0.15, 0.2) is 49.6 Å². The van der Waals surface area contributed by atoms with Crippen molar-refractivity contribution in [2.45, 2.75) is 462 Å². The highest BCUT2D eigenvalue weighted by Crippen LogP contribution is 2.22. The zero-order chi connectivity index (χ0) is 70.3. The Bertz CT molecular complexity index is 1730. The van der Waals surface area contributed by atoms with Gasteiger partial charge in [0.1, 0.15) is 0 Å². The van der Waals surface area contributed by atoms with E-state index in [-0.39, 0.29) is 11.9 Å². The lowest BCUT2D eigenvalue weighted by molar-refractivity contribution is -0.138. The first-order valence-electron chi connectivity index (χ1n) is 43.5. The minimum Gasteiger partial charge on any atom is -0.463 e. The molecule has 0 radical (unpaired) electrons. The zero-order valence-electron chi connectivity index (χ0n) is 64.9. The van der Waals surface area contributed by atoms with E-state index in [4.69, 9.17) is 18.9 Å². The summed E-state index contributed by atoms with van der Waals surface area (Å²) in [5, 5.41) is 0. The molecule has 8 nitrogen and oxygen atoms in total. The Balaban J connectivity index is 1.77. The topological polar surface area (TPSA) is 105 Å². The molecule has 0 aliphatic heterocycles. The van der Waals surface area contributed by atoms with Gasteiger partial charge in [0, 0.05) is 12.2 Å². The number of esters is 4. The Labute approximate surface area is 608 Å². The van der Waals surface area contributed by atoms with Crippen molar-refractivity contribution in [3.05, 3.63) is 60.7 Å². The van der Waals surface area contributed by atoms with Crippen molar-refractivity contribution in [3.63, 3.8) is 0 Å². The first kappa shape index (κ1) is 92.6. The quantitative estimate of drug-likeness (QED) is 0.0275. The van der Waals surface area contributed by atoms with Crippen molar-refractivity contribution in [2.75, 3.05) is 26.4 Å². The molecule has 1 aromatic rings. The minimum atomic E-state index is -0.425. The molecule has 0 atom stereocenters. The fourth-order valence-corrected chi connectivity index (χ4v) is 14.2. The van der Waals surface area contributed by atoms with Crippen LogP contribution < -0.4 is 0 Å².